The van der Waals surface area contributed by atoms with Crippen LogP contribution in [0.15, 0.2) is 0 Å². The van der Waals surface area contributed by atoms with Gasteiger partial charge in [0.2, 0.25) is 5.91 Å². The van der Waals surface area contributed by atoms with E-state index in [-0.39, 0.29) is 5.91 Å². The molecule has 0 aliphatic carbocycles. The quantitative estimate of drug-likeness (QED) is 0.887. The van der Waals surface area contributed by atoms with E-state index in [9.17, 15) is 4.79 Å². The number of nitrogens with zero attached hydrogens (tertiary/aromatic N) is 3. The van der Waals surface area contributed by atoms with E-state index in [2.05, 4.69) is 20.6 Å². The number of aromatic nitrogens is 4. The van der Waals surface area contributed by atoms with Gasteiger partial charge >= 0.3 is 0 Å². The minimum Gasteiger partial charge on any atom is -0.350 e. The molecule has 0 spiro atoms. The molecule has 0 atom stereocenters. The molecule has 0 saturated carbocycles. The van der Waals surface area contributed by atoms with E-state index in [1.54, 1.807) is 4.52 Å². The molecule has 0 bridgehead atoms. The third kappa shape index (κ3) is 2.60. The monoisotopic (exact) mass is 325 g/mol. The van der Waals surface area contributed by atoms with Gasteiger partial charge < -0.3 is 5.32 Å². The van der Waals surface area contributed by atoms with E-state index in [1.807, 2.05) is 41.5 Å². The maximum atomic E-state index is 12.0. The van der Waals surface area contributed by atoms with Crippen molar-refractivity contribution in [1.82, 2.24) is 25.1 Å². The lowest BCUT2D eigenvalue weighted by Crippen LogP contribution is -2.56. The summed E-state index contributed by atoms with van der Waals surface area (Å²) in [5, 5.41) is 15.3. The van der Waals surface area contributed by atoms with Crippen LogP contribution in [0.5, 0.6) is 0 Å². The first-order valence-corrected chi connectivity index (χ1v) is 7.90. The Hall–Kier alpha value is -1.56. The number of hydrogen-bond donors (Lipinski definition) is 2. The van der Waals surface area contributed by atoms with Crippen molar-refractivity contribution >= 4 is 23.2 Å². The lowest BCUT2D eigenvalue weighted by molar-refractivity contribution is -0.123. The van der Waals surface area contributed by atoms with Crippen LogP contribution in [0.2, 0.25) is 5.02 Å². The number of carbonyl (C=O) groups is 1. The third-order valence-electron chi connectivity index (χ3n) is 4.52. The molecule has 2 rings (SSSR count). The minimum atomic E-state index is -0.492. The molecule has 1 amide bonds. The largest absolute Gasteiger partial charge is 0.350 e. The summed E-state index contributed by atoms with van der Waals surface area (Å²) in [6.07, 6.45) is 1.34. The molecule has 0 radical (unpaired) electrons. The van der Waals surface area contributed by atoms with E-state index in [0.29, 0.717) is 17.1 Å². The summed E-state index contributed by atoms with van der Waals surface area (Å²) in [7, 11) is 0. The van der Waals surface area contributed by atoms with Crippen LogP contribution in [-0.2, 0) is 10.2 Å². The van der Waals surface area contributed by atoms with Crippen LogP contribution in [-0.4, -0.2) is 31.3 Å². The average molecular weight is 326 g/mol. The zero-order valence-electron chi connectivity index (χ0n) is 14.0. The van der Waals surface area contributed by atoms with E-state index >= 15 is 0 Å². The number of fused-ring (bicyclic) bond motifs is 1. The summed E-state index contributed by atoms with van der Waals surface area (Å²) < 4.78 is 1.80. The Morgan fingerprint density at radius 2 is 1.95 bits per heavy atom. The normalized spacial score (nSPS) is 12.9. The molecule has 0 aliphatic heterocycles. The highest BCUT2D eigenvalue weighted by molar-refractivity contribution is 6.34. The Bertz CT molecular complexity index is 698. The fourth-order valence-corrected chi connectivity index (χ4v) is 2.56. The van der Waals surface area contributed by atoms with Crippen LogP contribution in [0.4, 0.5) is 0 Å². The van der Waals surface area contributed by atoms with Gasteiger partial charge in [-0.05, 0) is 27.2 Å². The van der Waals surface area contributed by atoms with Crippen LogP contribution < -0.4 is 5.32 Å². The Morgan fingerprint density at radius 1 is 1.32 bits per heavy atom. The predicted octanol–water partition coefficient (Wildman–Crippen LogP) is 2.99. The maximum Gasteiger partial charge on any atom is 0.220 e. The van der Waals surface area contributed by atoms with E-state index < -0.39 is 11.0 Å². The summed E-state index contributed by atoms with van der Waals surface area (Å²) in [5.74, 6) is 0.779. The number of rotatable bonds is 5. The average Bonchev–Trinajstić information content (AvgIpc) is 2.91. The molecule has 2 N–H and O–H groups in total. The molecular weight excluding hydrogens is 302 g/mol. The summed E-state index contributed by atoms with van der Waals surface area (Å²) in [4.78, 5) is 12.0. The second-order valence-corrected chi connectivity index (χ2v) is 7.16. The lowest BCUT2D eigenvalue weighted by atomic mass is 9.73. The van der Waals surface area contributed by atoms with Crippen molar-refractivity contribution in [3.8, 4) is 0 Å². The van der Waals surface area contributed by atoms with Gasteiger partial charge in [-0.15, -0.1) is 10.2 Å². The van der Waals surface area contributed by atoms with Gasteiger partial charge in [-0.1, -0.05) is 32.4 Å². The van der Waals surface area contributed by atoms with Gasteiger partial charge in [0.05, 0.1) is 5.69 Å². The van der Waals surface area contributed by atoms with Crippen molar-refractivity contribution in [2.45, 2.75) is 65.3 Å². The molecule has 0 aliphatic rings. The summed E-state index contributed by atoms with van der Waals surface area (Å²) in [5.41, 5.74) is 0.513. The molecule has 2 heterocycles. The second kappa shape index (κ2) is 5.57. The summed E-state index contributed by atoms with van der Waals surface area (Å²) >= 11 is 6.22. The Labute approximate surface area is 135 Å². The van der Waals surface area contributed by atoms with Crippen molar-refractivity contribution in [1.29, 1.82) is 0 Å². The first-order valence-electron chi connectivity index (χ1n) is 7.52. The fourth-order valence-electron chi connectivity index (χ4n) is 2.40. The molecular formula is C15H24ClN5O. The standard InChI is InChI=1S/C15H24ClN5O/c1-7-8-10(22)17-15(5,6)14(3,4)13-19-18-12-11(16)9(2)20-21(12)13/h20H,7-8H2,1-6H3,(H,17,22). The molecule has 0 unspecified atom stereocenters. The van der Waals surface area contributed by atoms with Gasteiger partial charge in [0.1, 0.15) is 5.02 Å². The highest BCUT2D eigenvalue weighted by Crippen LogP contribution is 2.35. The van der Waals surface area contributed by atoms with E-state index in [1.165, 1.54) is 0 Å². The first kappa shape index (κ1) is 16.8. The topological polar surface area (TPSA) is 75.1 Å². The number of aryl methyl sites for hydroxylation is 1. The lowest BCUT2D eigenvalue weighted by Gasteiger charge is -2.40. The molecule has 2 aromatic rings. The Morgan fingerprint density at radius 3 is 2.55 bits per heavy atom. The van der Waals surface area contributed by atoms with Crippen LogP contribution in [0.25, 0.3) is 5.65 Å². The fraction of sp³-hybridized carbons (Fsp3) is 0.667. The highest BCUT2D eigenvalue weighted by atomic mass is 35.5. The Balaban J connectivity index is 2.42. The molecule has 2 aromatic heterocycles. The summed E-state index contributed by atoms with van der Waals surface area (Å²) in [6, 6.07) is 0. The van der Waals surface area contributed by atoms with Gasteiger partial charge in [-0.2, -0.15) is 0 Å². The number of H-pyrrole nitrogens is 1. The number of amides is 1. The van der Waals surface area contributed by atoms with Crippen LogP contribution in [0, 0.1) is 6.92 Å². The molecule has 0 aromatic carbocycles. The smallest absolute Gasteiger partial charge is 0.220 e. The van der Waals surface area contributed by atoms with Crippen molar-refractivity contribution in [2.75, 3.05) is 0 Å². The van der Waals surface area contributed by atoms with Gasteiger partial charge in [-0.25, -0.2) is 4.52 Å². The van der Waals surface area contributed by atoms with Gasteiger partial charge in [0.25, 0.3) is 0 Å². The number of hydrogen-bond acceptors (Lipinski definition) is 3. The molecule has 0 saturated heterocycles. The van der Waals surface area contributed by atoms with Crippen LogP contribution in [0.1, 0.15) is 59.0 Å². The van der Waals surface area contributed by atoms with E-state index in [0.717, 1.165) is 17.9 Å². The molecule has 22 heavy (non-hydrogen) atoms. The molecule has 6 nitrogen and oxygen atoms in total. The van der Waals surface area contributed by atoms with Crippen molar-refractivity contribution < 1.29 is 4.79 Å². The molecule has 122 valence electrons. The maximum absolute atomic E-state index is 12.0. The predicted molar refractivity (Wildman–Crippen MR) is 87.2 cm³/mol. The second-order valence-electron chi connectivity index (χ2n) is 6.78. The van der Waals surface area contributed by atoms with Crippen molar-refractivity contribution in [3.63, 3.8) is 0 Å². The number of nitrogens with one attached hydrogen (secondary N) is 2. The van der Waals surface area contributed by atoms with Crippen molar-refractivity contribution in [2.24, 2.45) is 0 Å². The van der Waals surface area contributed by atoms with Crippen LogP contribution in [0.3, 0.4) is 0 Å². The molecule has 0 fully saturated rings. The zero-order valence-corrected chi connectivity index (χ0v) is 14.8. The highest BCUT2D eigenvalue weighted by Gasteiger charge is 2.43. The first-order chi connectivity index (χ1) is 10.1. The van der Waals surface area contributed by atoms with Gasteiger partial charge in [0.15, 0.2) is 11.5 Å². The SMILES string of the molecule is CCCC(=O)NC(C)(C)C(C)(C)c1nnc2c(Cl)c(C)[nH]n12. The third-order valence-corrected chi connectivity index (χ3v) is 4.97. The number of carbonyl (C=O) groups excluding carboxylic acids is 1. The van der Waals surface area contributed by atoms with Crippen LogP contribution >= 0.6 is 11.6 Å². The molecule has 7 heteroatoms. The van der Waals surface area contributed by atoms with Gasteiger partial charge in [-0.3, -0.25) is 9.89 Å². The minimum absolute atomic E-state index is 0.0435. The van der Waals surface area contributed by atoms with E-state index in [4.69, 9.17) is 11.6 Å². The van der Waals surface area contributed by atoms with Gasteiger partial charge in [0, 0.05) is 17.4 Å². The zero-order chi connectivity index (χ0) is 16.7. The number of aromatic amines is 1. The summed E-state index contributed by atoms with van der Waals surface area (Å²) in [6.45, 7) is 12.0. The number of halogens is 1. The van der Waals surface area contributed by atoms with Crippen molar-refractivity contribution in [3.05, 3.63) is 16.5 Å². The Kier molecular flexibility index (Phi) is 4.26.